The Labute approximate surface area is 345 Å². The minimum atomic E-state index is -0.145. The molecule has 2 heterocycles. The van der Waals surface area contributed by atoms with Crippen molar-refractivity contribution in [1.29, 1.82) is 0 Å². The van der Waals surface area contributed by atoms with Gasteiger partial charge in [0.2, 0.25) is 0 Å². The zero-order valence-electron chi connectivity index (χ0n) is 33.1. The van der Waals surface area contributed by atoms with E-state index in [1.165, 1.54) is 98.7 Å². The SMILES string of the molecule is CC1(C)C2=CC(n3c4ccccc4c4ccc5ccsc5c43)CC=C2c2ccc(/C(=C/Cc3ccc(C4=CC=CCC4)cc3)c3ccc(-c4ccccc4)cc3)cc21. The number of thiophene rings is 1. The van der Waals surface area contributed by atoms with Gasteiger partial charge in [0, 0.05) is 21.7 Å². The summed E-state index contributed by atoms with van der Waals surface area (Å²) >= 11 is 1.86. The van der Waals surface area contributed by atoms with Gasteiger partial charge in [-0.15, -0.1) is 11.3 Å². The van der Waals surface area contributed by atoms with E-state index < -0.39 is 0 Å². The van der Waals surface area contributed by atoms with E-state index in [2.05, 4.69) is 200 Å². The van der Waals surface area contributed by atoms with E-state index in [4.69, 9.17) is 0 Å². The summed E-state index contributed by atoms with van der Waals surface area (Å²) in [5, 5.41) is 6.25. The second kappa shape index (κ2) is 14.0. The highest BCUT2D eigenvalue weighted by Gasteiger charge is 2.40. The molecule has 58 heavy (non-hydrogen) atoms. The van der Waals surface area contributed by atoms with Crippen LogP contribution in [0.25, 0.3) is 59.7 Å². The highest BCUT2D eigenvalue weighted by atomic mass is 32.1. The summed E-state index contributed by atoms with van der Waals surface area (Å²) in [6.07, 6.45) is 18.4. The van der Waals surface area contributed by atoms with Crippen molar-refractivity contribution in [3.8, 4) is 11.1 Å². The fraction of sp³-hybridized carbons (Fsp3) is 0.143. The Hall–Kier alpha value is -6.22. The quantitative estimate of drug-likeness (QED) is 0.152. The zero-order valence-corrected chi connectivity index (χ0v) is 33.9. The van der Waals surface area contributed by atoms with Crippen molar-refractivity contribution >= 4 is 59.9 Å². The Bertz CT molecular complexity index is 3050. The van der Waals surface area contributed by atoms with E-state index in [9.17, 15) is 0 Å². The number of fused-ring (bicyclic) bond motifs is 8. The van der Waals surface area contributed by atoms with Gasteiger partial charge in [-0.2, -0.15) is 0 Å². The average Bonchev–Trinajstić information content (AvgIpc) is 3.96. The first-order valence-corrected chi connectivity index (χ1v) is 21.7. The molecule has 0 aliphatic heterocycles. The fourth-order valence-electron chi connectivity index (χ4n) is 9.93. The van der Waals surface area contributed by atoms with Gasteiger partial charge in [-0.1, -0.05) is 172 Å². The van der Waals surface area contributed by atoms with Crippen LogP contribution in [0.1, 0.15) is 72.5 Å². The lowest BCUT2D eigenvalue weighted by Crippen LogP contribution is -2.19. The van der Waals surface area contributed by atoms with E-state index >= 15 is 0 Å². The number of benzene rings is 6. The molecule has 0 spiro atoms. The molecule has 0 fully saturated rings. The molecule has 6 aromatic carbocycles. The van der Waals surface area contributed by atoms with Crippen LogP contribution in [0.2, 0.25) is 0 Å². The van der Waals surface area contributed by atoms with Crippen LogP contribution in [0.4, 0.5) is 0 Å². The number of para-hydroxylation sites is 1. The lowest BCUT2D eigenvalue weighted by molar-refractivity contribution is 0.607. The van der Waals surface area contributed by atoms with Crippen molar-refractivity contribution in [1.82, 2.24) is 4.57 Å². The summed E-state index contributed by atoms with van der Waals surface area (Å²) in [6, 6.07) is 52.5. The van der Waals surface area contributed by atoms with Gasteiger partial charge in [-0.25, -0.2) is 0 Å². The van der Waals surface area contributed by atoms with Gasteiger partial charge in [-0.3, -0.25) is 0 Å². The van der Waals surface area contributed by atoms with Gasteiger partial charge in [0.15, 0.2) is 0 Å². The monoisotopic (exact) mass is 763 g/mol. The molecule has 0 N–H and O–H groups in total. The zero-order chi connectivity index (χ0) is 38.8. The molecule has 1 atom stereocenters. The van der Waals surface area contributed by atoms with Crippen LogP contribution in [-0.4, -0.2) is 4.57 Å². The van der Waals surface area contributed by atoms with Crippen molar-refractivity contribution in [2.24, 2.45) is 0 Å². The number of hydrogen-bond acceptors (Lipinski definition) is 1. The molecule has 8 aromatic rings. The molecular formula is C56H45NS. The molecule has 0 saturated carbocycles. The molecular weight excluding hydrogens is 719 g/mol. The second-order valence-electron chi connectivity index (χ2n) is 16.7. The summed E-state index contributed by atoms with van der Waals surface area (Å²) in [7, 11) is 0. The third kappa shape index (κ3) is 5.81. The Balaban J connectivity index is 0.980. The molecule has 1 nitrogen and oxygen atoms in total. The van der Waals surface area contributed by atoms with Gasteiger partial charge in [0.25, 0.3) is 0 Å². The van der Waals surface area contributed by atoms with Gasteiger partial charge >= 0.3 is 0 Å². The van der Waals surface area contributed by atoms with Crippen LogP contribution in [0, 0.1) is 0 Å². The summed E-state index contributed by atoms with van der Waals surface area (Å²) in [6.45, 7) is 4.87. The molecule has 3 aliphatic carbocycles. The van der Waals surface area contributed by atoms with E-state index in [0.717, 1.165) is 25.7 Å². The average molecular weight is 764 g/mol. The van der Waals surface area contributed by atoms with Crippen LogP contribution in [-0.2, 0) is 11.8 Å². The minimum absolute atomic E-state index is 0.145. The Kier molecular flexibility index (Phi) is 8.45. The Morgan fingerprint density at radius 2 is 1.53 bits per heavy atom. The van der Waals surface area contributed by atoms with Gasteiger partial charge in [0.05, 0.1) is 16.3 Å². The highest BCUT2D eigenvalue weighted by Crippen LogP contribution is 2.54. The normalized spacial score (nSPS) is 17.3. The summed E-state index contributed by atoms with van der Waals surface area (Å²) < 4.78 is 4.02. The van der Waals surface area contributed by atoms with Crippen LogP contribution in [0.3, 0.4) is 0 Å². The Morgan fingerprint density at radius 1 is 0.759 bits per heavy atom. The van der Waals surface area contributed by atoms with Gasteiger partial charge in [-0.05, 0) is 121 Å². The molecule has 0 radical (unpaired) electrons. The molecule has 280 valence electrons. The minimum Gasteiger partial charge on any atom is -0.332 e. The predicted octanol–water partition coefficient (Wildman–Crippen LogP) is 15.3. The van der Waals surface area contributed by atoms with Crippen LogP contribution < -0.4 is 0 Å². The maximum Gasteiger partial charge on any atom is 0.0678 e. The largest absolute Gasteiger partial charge is 0.332 e. The van der Waals surface area contributed by atoms with Crippen molar-refractivity contribution in [2.45, 2.75) is 51.0 Å². The topological polar surface area (TPSA) is 4.93 Å². The first-order valence-electron chi connectivity index (χ1n) is 20.8. The van der Waals surface area contributed by atoms with Crippen molar-refractivity contribution in [2.75, 3.05) is 0 Å². The molecule has 1 unspecified atom stereocenters. The number of hydrogen-bond donors (Lipinski definition) is 0. The molecule has 2 aromatic heterocycles. The third-order valence-electron chi connectivity index (χ3n) is 13.0. The van der Waals surface area contributed by atoms with Crippen LogP contribution in [0.15, 0.2) is 187 Å². The maximum atomic E-state index is 2.64. The second-order valence-corrected chi connectivity index (χ2v) is 17.6. The smallest absolute Gasteiger partial charge is 0.0678 e. The van der Waals surface area contributed by atoms with Crippen LogP contribution >= 0.6 is 11.3 Å². The van der Waals surface area contributed by atoms with Gasteiger partial charge < -0.3 is 4.57 Å². The summed E-state index contributed by atoms with van der Waals surface area (Å²) in [4.78, 5) is 0. The number of allylic oxidation sites excluding steroid dienone is 9. The first kappa shape index (κ1) is 35.0. The van der Waals surface area contributed by atoms with Crippen LogP contribution in [0.5, 0.6) is 0 Å². The van der Waals surface area contributed by atoms with E-state index in [0.29, 0.717) is 0 Å². The van der Waals surface area contributed by atoms with E-state index in [-0.39, 0.29) is 11.5 Å². The third-order valence-corrected chi connectivity index (χ3v) is 13.9. The number of nitrogens with zero attached hydrogens (tertiary/aromatic N) is 1. The summed E-state index contributed by atoms with van der Waals surface area (Å²) in [5.41, 5.74) is 18.6. The number of rotatable bonds is 7. The van der Waals surface area contributed by atoms with E-state index in [1.54, 1.807) is 0 Å². The molecule has 0 saturated heterocycles. The Morgan fingerprint density at radius 3 is 2.36 bits per heavy atom. The van der Waals surface area contributed by atoms with Crippen molar-refractivity contribution < 1.29 is 0 Å². The van der Waals surface area contributed by atoms with Gasteiger partial charge in [0.1, 0.15) is 0 Å². The predicted molar refractivity (Wildman–Crippen MR) is 249 cm³/mol. The summed E-state index contributed by atoms with van der Waals surface area (Å²) in [5.74, 6) is 0. The molecule has 3 aliphatic rings. The molecule has 0 amide bonds. The lowest BCUT2D eigenvalue weighted by atomic mass is 9.79. The van der Waals surface area contributed by atoms with Crippen molar-refractivity contribution in [3.05, 3.63) is 220 Å². The highest BCUT2D eigenvalue weighted by molar-refractivity contribution is 7.18. The molecule has 0 bridgehead atoms. The standard InChI is InChI=1S/C56H45NS/c1-56(2)51-35-44(46(42-24-22-41(23-25-42)39-13-7-4-8-14-39)29-19-37-17-20-40(21-18-37)38-11-5-3-6-12-38)27-30-47(51)48-32-28-45(36-52(48)56)57-53-16-10-9-15-49(53)50-31-26-43-33-34-58-55(43)54(50)57/h3-5,7-11,13-18,20-27,29-36,45H,6,12,19,28H2,1-2H3/b46-29+. The lowest BCUT2D eigenvalue weighted by Gasteiger charge is -2.28. The molecule has 2 heteroatoms. The first-order chi connectivity index (χ1) is 28.5. The van der Waals surface area contributed by atoms with E-state index in [1.807, 2.05) is 11.3 Å². The maximum absolute atomic E-state index is 2.64. The van der Waals surface area contributed by atoms with Crippen molar-refractivity contribution in [3.63, 3.8) is 0 Å². The number of aromatic nitrogens is 1. The fourth-order valence-corrected chi connectivity index (χ4v) is 10.9. The molecule has 11 rings (SSSR count).